The molecule has 0 radical (unpaired) electrons. The predicted molar refractivity (Wildman–Crippen MR) is 116 cm³/mol. The zero-order valence-corrected chi connectivity index (χ0v) is 18.0. The number of rotatable bonds is 6. The summed E-state index contributed by atoms with van der Waals surface area (Å²) in [5.74, 6) is -0.787. The van der Waals surface area contributed by atoms with Crippen LogP contribution in [0.15, 0.2) is 65.8 Å². The van der Waals surface area contributed by atoms with E-state index < -0.39 is 23.1 Å². The van der Waals surface area contributed by atoms with Crippen molar-refractivity contribution in [1.82, 2.24) is 24.2 Å². The number of hydrogen-bond donors (Lipinski definition) is 0. The third-order valence-corrected chi connectivity index (χ3v) is 5.28. The highest BCUT2D eigenvalue weighted by molar-refractivity contribution is 5.78. The lowest BCUT2D eigenvalue weighted by Gasteiger charge is -2.21. The molecule has 4 aromatic rings. The summed E-state index contributed by atoms with van der Waals surface area (Å²) in [5, 5.41) is 4.08. The van der Waals surface area contributed by atoms with Crippen molar-refractivity contribution in [3.8, 4) is 5.69 Å². The van der Waals surface area contributed by atoms with E-state index in [1.165, 1.54) is 35.4 Å². The summed E-state index contributed by atoms with van der Waals surface area (Å²) in [5.41, 5.74) is -0.639. The van der Waals surface area contributed by atoms with E-state index in [0.29, 0.717) is 12.1 Å². The molecule has 4 rings (SSSR count). The zero-order chi connectivity index (χ0) is 24.5. The first-order chi connectivity index (χ1) is 16.2. The van der Waals surface area contributed by atoms with E-state index in [0.717, 1.165) is 27.7 Å². The van der Waals surface area contributed by atoms with Gasteiger partial charge >= 0.3 is 6.18 Å². The molecule has 0 saturated carbocycles. The number of fused-ring (bicyclic) bond motifs is 1. The molecule has 0 aliphatic carbocycles. The molecule has 2 aromatic carbocycles. The molecular formula is C23H19F4N5O2. The van der Waals surface area contributed by atoms with Gasteiger partial charge in [-0.15, -0.1) is 0 Å². The number of carbonyl (C=O) groups excluding carboxylic acids is 1. The summed E-state index contributed by atoms with van der Waals surface area (Å²) in [4.78, 5) is 31.4. The summed E-state index contributed by atoms with van der Waals surface area (Å²) in [6.45, 7) is 1.97. The van der Waals surface area contributed by atoms with Crippen LogP contribution in [0.1, 0.15) is 18.1 Å². The Morgan fingerprint density at radius 3 is 2.59 bits per heavy atom. The second kappa shape index (κ2) is 9.08. The summed E-state index contributed by atoms with van der Waals surface area (Å²) in [6, 6.07) is 10.4. The Kier molecular flexibility index (Phi) is 6.18. The molecule has 0 fully saturated rings. The largest absolute Gasteiger partial charge is 0.416 e. The fourth-order valence-corrected chi connectivity index (χ4v) is 3.54. The lowest BCUT2D eigenvalue weighted by molar-refractivity contribution is -0.137. The van der Waals surface area contributed by atoms with Gasteiger partial charge in [0.1, 0.15) is 24.1 Å². The average molecular weight is 473 g/mol. The van der Waals surface area contributed by atoms with Crippen molar-refractivity contribution in [2.24, 2.45) is 0 Å². The maximum atomic E-state index is 13.5. The van der Waals surface area contributed by atoms with Gasteiger partial charge < -0.3 is 4.90 Å². The molecule has 1 amide bonds. The van der Waals surface area contributed by atoms with Crippen LogP contribution >= 0.6 is 0 Å². The Balaban J connectivity index is 1.60. The molecule has 0 N–H and O–H groups in total. The number of aromatic nitrogens is 4. The third kappa shape index (κ3) is 4.68. The molecule has 0 saturated heterocycles. The van der Waals surface area contributed by atoms with E-state index in [9.17, 15) is 27.2 Å². The molecule has 176 valence electrons. The van der Waals surface area contributed by atoms with Crippen LogP contribution in [-0.4, -0.2) is 36.7 Å². The van der Waals surface area contributed by atoms with Gasteiger partial charge in [-0.25, -0.2) is 14.1 Å². The highest BCUT2D eigenvalue weighted by atomic mass is 19.4. The molecule has 11 heteroatoms. The molecule has 2 heterocycles. The number of halogens is 4. The van der Waals surface area contributed by atoms with Gasteiger partial charge in [0.25, 0.3) is 5.56 Å². The van der Waals surface area contributed by atoms with Crippen LogP contribution in [0.4, 0.5) is 17.6 Å². The van der Waals surface area contributed by atoms with Gasteiger partial charge in [-0.3, -0.25) is 14.2 Å². The first-order valence-corrected chi connectivity index (χ1v) is 10.3. The number of alkyl halides is 3. The molecule has 0 aliphatic rings. The van der Waals surface area contributed by atoms with Crippen molar-refractivity contribution in [3.63, 3.8) is 0 Å². The number of amides is 1. The van der Waals surface area contributed by atoms with Crippen LogP contribution in [0.25, 0.3) is 16.7 Å². The predicted octanol–water partition coefficient (Wildman–Crippen LogP) is 3.79. The number of benzene rings is 2. The van der Waals surface area contributed by atoms with E-state index in [1.54, 1.807) is 19.1 Å². The minimum atomic E-state index is -4.53. The number of hydrogen-bond acceptors (Lipinski definition) is 4. The lowest BCUT2D eigenvalue weighted by atomic mass is 10.2. The molecular weight excluding hydrogens is 454 g/mol. The first kappa shape index (κ1) is 23.1. The SMILES string of the molecule is CCN(Cc1cccc(F)c1)C(=O)Cn1cnc2c(cnn2-c2cccc(C(F)(F)F)c2)c1=O. The van der Waals surface area contributed by atoms with Crippen molar-refractivity contribution in [2.75, 3.05) is 6.54 Å². The number of nitrogens with zero attached hydrogens (tertiary/aromatic N) is 5. The van der Waals surface area contributed by atoms with Crippen molar-refractivity contribution < 1.29 is 22.4 Å². The quantitative estimate of drug-likeness (QED) is 0.400. The Labute approximate surface area is 190 Å². The molecule has 34 heavy (non-hydrogen) atoms. The lowest BCUT2D eigenvalue weighted by Crippen LogP contribution is -2.36. The standard InChI is InChI=1S/C23H19F4N5O2/c1-2-30(12-15-5-3-7-17(24)9-15)20(33)13-31-14-28-21-19(22(31)34)11-29-32(21)18-8-4-6-16(10-18)23(25,26)27/h3-11,14H,2,12-13H2,1H3. The topological polar surface area (TPSA) is 73.0 Å². The third-order valence-electron chi connectivity index (χ3n) is 5.28. The highest BCUT2D eigenvalue weighted by Crippen LogP contribution is 2.30. The van der Waals surface area contributed by atoms with Crippen LogP contribution < -0.4 is 5.56 Å². The summed E-state index contributed by atoms with van der Waals surface area (Å²) >= 11 is 0. The van der Waals surface area contributed by atoms with Gasteiger partial charge in [0.2, 0.25) is 5.91 Å². The minimum Gasteiger partial charge on any atom is -0.337 e. The van der Waals surface area contributed by atoms with Crippen molar-refractivity contribution in [1.29, 1.82) is 0 Å². The average Bonchev–Trinajstić information content (AvgIpc) is 3.24. The van der Waals surface area contributed by atoms with Crippen LogP contribution in [0.5, 0.6) is 0 Å². The molecule has 7 nitrogen and oxygen atoms in total. The van der Waals surface area contributed by atoms with Crippen LogP contribution in [-0.2, 0) is 24.1 Å². The van der Waals surface area contributed by atoms with Crippen molar-refractivity contribution in [3.05, 3.63) is 88.4 Å². The fraction of sp³-hybridized carbons (Fsp3) is 0.217. The van der Waals surface area contributed by atoms with E-state index >= 15 is 0 Å². The van der Waals surface area contributed by atoms with Gasteiger partial charge in [0.05, 0.1) is 17.4 Å². The Morgan fingerprint density at radius 1 is 1.12 bits per heavy atom. The molecule has 0 atom stereocenters. The van der Waals surface area contributed by atoms with E-state index in [-0.39, 0.29) is 35.7 Å². The first-order valence-electron chi connectivity index (χ1n) is 10.3. The van der Waals surface area contributed by atoms with Crippen LogP contribution in [0, 0.1) is 5.82 Å². The Hall–Kier alpha value is -4.02. The Morgan fingerprint density at radius 2 is 1.88 bits per heavy atom. The second-order valence-electron chi connectivity index (χ2n) is 7.56. The summed E-state index contributed by atoms with van der Waals surface area (Å²) in [7, 11) is 0. The zero-order valence-electron chi connectivity index (χ0n) is 18.0. The normalized spacial score (nSPS) is 11.7. The van der Waals surface area contributed by atoms with Gasteiger partial charge in [-0.2, -0.15) is 18.3 Å². The van der Waals surface area contributed by atoms with Gasteiger partial charge in [-0.1, -0.05) is 18.2 Å². The van der Waals surface area contributed by atoms with Crippen molar-refractivity contribution >= 4 is 16.9 Å². The van der Waals surface area contributed by atoms with Crippen LogP contribution in [0.2, 0.25) is 0 Å². The second-order valence-corrected chi connectivity index (χ2v) is 7.56. The molecule has 0 spiro atoms. The highest BCUT2D eigenvalue weighted by Gasteiger charge is 2.30. The smallest absolute Gasteiger partial charge is 0.337 e. The fourth-order valence-electron chi connectivity index (χ4n) is 3.54. The number of carbonyl (C=O) groups is 1. The Bertz CT molecular complexity index is 1410. The van der Waals surface area contributed by atoms with Gasteiger partial charge in [-0.05, 0) is 42.8 Å². The van der Waals surface area contributed by atoms with E-state index in [2.05, 4.69) is 10.1 Å². The minimum absolute atomic E-state index is 0.0564. The van der Waals surface area contributed by atoms with Gasteiger partial charge in [0.15, 0.2) is 5.65 Å². The van der Waals surface area contributed by atoms with E-state index in [1.807, 2.05) is 0 Å². The van der Waals surface area contributed by atoms with Gasteiger partial charge in [0, 0.05) is 13.1 Å². The molecule has 0 unspecified atom stereocenters. The molecule has 0 aliphatic heterocycles. The monoisotopic (exact) mass is 473 g/mol. The summed E-state index contributed by atoms with van der Waals surface area (Å²) < 4.78 is 54.9. The van der Waals surface area contributed by atoms with E-state index in [4.69, 9.17) is 0 Å². The van der Waals surface area contributed by atoms with Crippen LogP contribution in [0.3, 0.4) is 0 Å². The molecule has 0 bridgehead atoms. The summed E-state index contributed by atoms with van der Waals surface area (Å²) in [6.07, 6.45) is -2.17. The maximum Gasteiger partial charge on any atom is 0.416 e. The number of likely N-dealkylation sites (N-methyl/N-ethyl adjacent to an activating group) is 1. The van der Waals surface area contributed by atoms with Crippen molar-refractivity contribution in [2.45, 2.75) is 26.2 Å². The maximum absolute atomic E-state index is 13.5. The molecule has 2 aromatic heterocycles.